The molecule has 0 spiro atoms. The first-order valence-electron chi connectivity index (χ1n) is 5.61. The molecular weight excluding hydrogens is 230 g/mol. The first-order chi connectivity index (χ1) is 8.58. The lowest BCUT2D eigenvalue weighted by molar-refractivity contribution is -0.118. The third-order valence-electron chi connectivity index (χ3n) is 2.76. The molecule has 0 aromatic heterocycles. The molecule has 92 valence electrons. The van der Waals surface area contributed by atoms with Crippen molar-refractivity contribution >= 4 is 22.5 Å². The Balaban J connectivity index is 2.34. The second kappa shape index (κ2) is 4.87. The highest BCUT2D eigenvalue weighted by molar-refractivity contribution is 6.02. The molecule has 1 amide bonds. The summed E-state index contributed by atoms with van der Waals surface area (Å²) in [6, 6.07) is 10.4. The van der Waals surface area contributed by atoms with Crippen LogP contribution in [0.4, 0.5) is 0 Å². The minimum Gasteiger partial charge on any atom is -0.507 e. The number of carbonyl (C=O) groups excluding carboxylic acids is 2. The normalized spacial score (nSPS) is 10.4. The van der Waals surface area contributed by atoms with Crippen LogP contribution >= 0.6 is 0 Å². The molecule has 0 heterocycles. The Morgan fingerprint density at radius 2 is 1.83 bits per heavy atom. The fourth-order valence-electron chi connectivity index (χ4n) is 1.83. The first kappa shape index (κ1) is 12.1. The maximum atomic E-state index is 11.8. The molecule has 4 heteroatoms. The average Bonchev–Trinajstić information content (AvgIpc) is 2.36. The molecule has 0 aliphatic carbocycles. The number of benzene rings is 2. The number of hydrogen-bond acceptors (Lipinski definition) is 3. The number of hydrogen-bond donors (Lipinski definition) is 2. The highest BCUT2D eigenvalue weighted by Crippen LogP contribution is 2.26. The molecule has 3 N–H and O–H groups in total. The van der Waals surface area contributed by atoms with Gasteiger partial charge in [0.15, 0.2) is 5.78 Å². The largest absolute Gasteiger partial charge is 0.507 e. The number of fused-ring (bicyclic) bond motifs is 1. The van der Waals surface area contributed by atoms with Gasteiger partial charge in [0.05, 0.1) is 0 Å². The molecule has 0 bridgehead atoms. The van der Waals surface area contributed by atoms with Crippen LogP contribution < -0.4 is 5.73 Å². The Hall–Kier alpha value is -2.36. The number of phenolic OH excluding ortho intramolecular Hbond substituents is 1. The lowest BCUT2D eigenvalue weighted by atomic mass is 10.0. The van der Waals surface area contributed by atoms with Gasteiger partial charge < -0.3 is 10.8 Å². The number of aromatic hydroxyl groups is 1. The van der Waals surface area contributed by atoms with Crippen molar-refractivity contribution in [2.45, 2.75) is 12.8 Å². The first-order valence-corrected chi connectivity index (χ1v) is 5.61. The number of Topliss-reactive ketones (excluding diaryl/α,β-unsaturated/α-hetero) is 1. The number of amides is 1. The van der Waals surface area contributed by atoms with Crippen molar-refractivity contribution in [3.05, 3.63) is 42.0 Å². The number of phenols is 1. The molecule has 2 aromatic rings. The molecule has 0 aliphatic heterocycles. The van der Waals surface area contributed by atoms with Gasteiger partial charge in [0.1, 0.15) is 5.75 Å². The number of carbonyl (C=O) groups is 2. The highest BCUT2D eigenvalue weighted by atomic mass is 16.3. The van der Waals surface area contributed by atoms with E-state index in [1.165, 1.54) is 6.07 Å². The third kappa shape index (κ3) is 2.48. The molecule has 0 aliphatic rings. The summed E-state index contributed by atoms with van der Waals surface area (Å²) in [6.07, 6.45) is 0.0829. The molecule has 18 heavy (non-hydrogen) atoms. The van der Waals surface area contributed by atoms with Crippen molar-refractivity contribution in [2.75, 3.05) is 0 Å². The van der Waals surface area contributed by atoms with Crippen molar-refractivity contribution in [1.29, 1.82) is 0 Å². The van der Waals surface area contributed by atoms with Gasteiger partial charge in [-0.05, 0) is 17.5 Å². The zero-order chi connectivity index (χ0) is 13.1. The molecule has 0 unspecified atom stereocenters. The monoisotopic (exact) mass is 243 g/mol. The SMILES string of the molecule is NC(=O)CCC(=O)c1cc(O)c2ccccc2c1. The van der Waals surface area contributed by atoms with Crippen molar-refractivity contribution in [3.8, 4) is 5.75 Å². The average molecular weight is 243 g/mol. The van der Waals surface area contributed by atoms with E-state index >= 15 is 0 Å². The maximum Gasteiger partial charge on any atom is 0.217 e. The lowest BCUT2D eigenvalue weighted by Crippen LogP contribution is -2.12. The Morgan fingerprint density at radius 3 is 2.56 bits per heavy atom. The fraction of sp³-hybridized carbons (Fsp3) is 0.143. The van der Waals surface area contributed by atoms with E-state index in [1.54, 1.807) is 12.1 Å². The van der Waals surface area contributed by atoms with Crippen LogP contribution in [0.2, 0.25) is 0 Å². The smallest absolute Gasteiger partial charge is 0.217 e. The van der Waals surface area contributed by atoms with E-state index in [0.29, 0.717) is 10.9 Å². The Kier molecular flexibility index (Phi) is 3.28. The second-order valence-corrected chi connectivity index (χ2v) is 4.11. The Bertz CT molecular complexity index is 619. The molecule has 0 radical (unpaired) electrons. The summed E-state index contributed by atoms with van der Waals surface area (Å²) in [4.78, 5) is 22.5. The quantitative estimate of drug-likeness (QED) is 0.806. The van der Waals surface area contributed by atoms with Gasteiger partial charge in [-0.2, -0.15) is 0 Å². The van der Waals surface area contributed by atoms with Gasteiger partial charge in [-0.1, -0.05) is 24.3 Å². The van der Waals surface area contributed by atoms with Crippen LogP contribution in [0.3, 0.4) is 0 Å². The zero-order valence-electron chi connectivity index (χ0n) is 9.72. The molecule has 4 nitrogen and oxygen atoms in total. The van der Waals surface area contributed by atoms with Crippen LogP contribution in [-0.2, 0) is 4.79 Å². The predicted molar refractivity (Wildman–Crippen MR) is 68.4 cm³/mol. The molecule has 0 saturated carbocycles. The van der Waals surface area contributed by atoms with Gasteiger partial charge in [-0.25, -0.2) is 0 Å². The van der Waals surface area contributed by atoms with E-state index in [4.69, 9.17) is 5.73 Å². The minimum absolute atomic E-state index is 0.0203. The summed E-state index contributed by atoms with van der Waals surface area (Å²) in [5.41, 5.74) is 5.39. The molecule has 0 fully saturated rings. The van der Waals surface area contributed by atoms with Gasteiger partial charge in [-0.15, -0.1) is 0 Å². The molecule has 2 rings (SSSR count). The number of primary amides is 1. The summed E-state index contributed by atoms with van der Waals surface area (Å²) in [5, 5.41) is 11.3. The fourth-order valence-corrected chi connectivity index (χ4v) is 1.83. The van der Waals surface area contributed by atoms with E-state index in [-0.39, 0.29) is 24.4 Å². The minimum atomic E-state index is -0.506. The molecular formula is C14H13NO3. The number of nitrogens with two attached hydrogens (primary N) is 1. The van der Waals surface area contributed by atoms with Crippen LogP contribution in [0, 0.1) is 0 Å². The molecule has 2 aromatic carbocycles. The van der Waals surface area contributed by atoms with E-state index in [2.05, 4.69) is 0 Å². The summed E-state index contributed by atoms with van der Waals surface area (Å²) < 4.78 is 0. The Morgan fingerprint density at radius 1 is 1.11 bits per heavy atom. The third-order valence-corrected chi connectivity index (χ3v) is 2.76. The van der Waals surface area contributed by atoms with Crippen LogP contribution in [0.5, 0.6) is 5.75 Å². The number of rotatable bonds is 4. The molecule has 0 atom stereocenters. The molecule has 0 saturated heterocycles. The van der Waals surface area contributed by atoms with Crippen molar-refractivity contribution in [1.82, 2.24) is 0 Å². The van der Waals surface area contributed by atoms with E-state index < -0.39 is 5.91 Å². The predicted octanol–water partition coefficient (Wildman–Crippen LogP) is 1.99. The lowest BCUT2D eigenvalue weighted by Gasteiger charge is -2.05. The van der Waals surface area contributed by atoms with Gasteiger partial charge in [-0.3, -0.25) is 9.59 Å². The topological polar surface area (TPSA) is 80.4 Å². The summed E-state index contributed by atoms with van der Waals surface area (Å²) in [5.74, 6) is -0.640. The van der Waals surface area contributed by atoms with Gasteiger partial charge in [0, 0.05) is 23.8 Å². The summed E-state index contributed by atoms with van der Waals surface area (Å²) in [6.45, 7) is 0. The zero-order valence-corrected chi connectivity index (χ0v) is 9.72. The van der Waals surface area contributed by atoms with Crippen molar-refractivity contribution < 1.29 is 14.7 Å². The second-order valence-electron chi connectivity index (χ2n) is 4.11. The van der Waals surface area contributed by atoms with Crippen molar-refractivity contribution in [2.24, 2.45) is 5.73 Å². The van der Waals surface area contributed by atoms with Crippen LogP contribution in [0.1, 0.15) is 23.2 Å². The van der Waals surface area contributed by atoms with Crippen LogP contribution in [0.25, 0.3) is 10.8 Å². The standard InChI is InChI=1S/C14H13NO3/c15-14(18)6-5-12(16)10-7-9-3-1-2-4-11(9)13(17)8-10/h1-4,7-8,17H,5-6H2,(H2,15,18). The van der Waals surface area contributed by atoms with Crippen LogP contribution in [-0.4, -0.2) is 16.8 Å². The van der Waals surface area contributed by atoms with Gasteiger partial charge in [0.2, 0.25) is 5.91 Å². The van der Waals surface area contributed by atoms with E-state index in [9.17, 15) is 14.7 Å². The van der Waals surface area contributed by atoms with Gasteiger partial charge >= 0.3 is 0 Å². The van der Waals surface area contributed by atoms with Crippen LogP contribution in [0.15, 0.2) is 36.4 Å². The van der Waals surface area contributed by atoms with Crippen molar-refractivity contribution in [3.63, 3.8) is 0 Å². The highest BCUT2D eigenvalue weighted by Gasteiger charge is 2.10. The van der Waals surface area contributed by atoms with E-state index in [1.807, 2.05) is 18.2 Å². The summed E-state index contributed by atoms with van der Waals surface area (Å²) in [7, 11) is 0. The van der Waals surface area contributed by atoms with Gasteiger partial charge in [0.25, 0.3) is 0 Å². The van der Waals surface area contributed by atoms with E-state index in [0.717, 1.165) is 5.39 Å². The number of ketones is 1. The Labute approximate surface area is 104 Å². The maximum absolute atomic E-state index is 11.8. The summed E-state index contributed by atoms with van der Waals surface area (Å²) >= 11 is 0.